The van der Waals surface area contributed by atoms with E-state index in [1.165, 1.54) is 6.92 Å². The van der Waals surface area contributed by atoms with Crippen molar-refractivity contribution in [2.45, 2.75) is 57.5 Å². The van der Waals surface area contributed by atoms with Crippen molar-refractivity contribution in [3.05, 3.63) is 18.0 Å². The summed E-state index contributed by atoms with van der Waals surface area (Å²) >= 11 is 0. The Morgan fingerprint density at radius 1 is 1.47 bits per heavy atom. The van der Waals surface area contributed by atoms with Gasteiger partial charge in [0, 0.05) is 18.7 Å². The van der Waals surface area contributed by atoms with Gasteiger partial charge in [-0.05, 0) is 39.7 Å². The zero-order valence-electron chi connectivity index (χ0n) is 11.4. The molecule has 1 unspecified atom stereocenters. The number of halogens is 2. The van der Waals surface area contributed by atoms with Crippen molar-refractivity contribution in [2.75, 3.05) is 0 Å². The summed E-state index contributed by atoms with van der Waals surface area (Å²) in [6.07, 6.45) is 2.21. The number of hydrogen-bond acceptors (Lipinski definition) is 2. The molecule has 1 aromatic heterocycles. The molecule has 1 fully saturated rings. The predicted molar refractivity (Wildman–Crippen MR) is 67.3 cm³/mol. The Labute approximate surface area is 111 Å². The molecule has 0 aliphatic heterocycles. The Kier molecular flexibility index (Phi) is 3.36. The molecule has 1 N–H and O–H groups in total. The van der Waals surface area contributed by atoms with E-state index in [1.54, 1.807) is 16.9 Å². The van der Waals surface area contributed by atoms with Crippen molar-refractivity contribution in [2.24, 2.45) is 0 Å². The molecule has 0 saturated heterocycles. The minimum atomic E-state index is -2.86. The Balaban J connectivity index is 2.12. The lowest BCUT2D eigenvalue weighted by Crippen LogP contribution is -2.55. The highest BCUT2D eigenvalue weighted by Crippen LogP contribution is 2.43. The second kappa shape index (κ2) is 4.58. The van der Waals surface area contributed by atoms with E-state index in [-0.39, 0.29) is 24.6 Å². The number of nitrogens with zero attached hydrogens (tertiary/aromatic N) is 2. The van der Waals surface area contributed by atoms with Gasteiger partial charge in [-0.3, -0.25) is 9.48 Å². The molecule has 1 atom stereocenters. The summed E-state index contributed by atoms with van der Waals surface area (Å²) in [6.45, 7) is 5.26. The van der Waals surface area contributed by atoms with E-state index in [1.807, 2.05) is 13.8 Å². The number of hydrogen-bond donors (Lipinski definition) is 1. The molecule has 0 spiro atoms. The maximum atomic E-state index is 13.8. The smallest absolute Gasteiger partial charge is 0.272 e. The molecule has 6 heteroatoms. The van der Waals surface area contributed by atoms with E-state index >= 15 is 0 Å². The van der Waals surface area contributed by atoms with Gasteiger partial charge in [-0.1, -0.05) is 0 Å². The highest BCUT2D eigenvalue weighted by atomic mass is 19.3. The van der Waals surface area contributed by atoms with Gasteiger partial charge in [-0.15, -0.1) is 0 Å². The summed E-state index contributed by atoms with van der Waals surface area (Å²) in [4.78, 5) is 12.0. The molecule has 106 valence electrons. The van der Waals surface area contributed by atoms with E-state index < -0.39 is 17.4 Å². The van der Waals surface area contributed by atoms with Crippen LogP contribution in [0.5, 0.6) is 0 Å². The SMILES string of the molecule is CC(C)n1ccc(C(=O)NC2(C)CCCC2(F)F)n1. The Morgan fingerprint density at radius 2 is 2.16 bits per heavy atom. The number of alkyl halides is 2. The second-order valence-corrected chi connectivity index (χ2v) is 5.62. The number of nitrogens with one attached hydrogen (secondary N) is 1. The van der Waals surface area contributed by atoms with Crippen LogP contribution < -0.4 is 5.32 Å². The minimum Gasteiger partial charge on any atom is -0.339 e. The zero-order chi connectivity index (χ0) is 14.3. The molecule has 1 aromatic rings. The first-order valence-corrected chi connectivity index (χ1v) is 6.51. The fourth-order valence-electron chi connectivity index (χ4n) is 2.34. The number of amides is 1. The summed E-state index contributed by atoms with van der Waals surface area (Å²) in [5, 5.41) is 6.54. The van der Waals surface area contributed by atoms with Gasteiger partial charge in [0.25, 0.3) is 11.8 Å². The van der Waals surface area contributed by atoms with Crippen LogP contribution in [-0.2, 0) is 0 Å². The molecule has 2 rings (SSSR count). The van der Waals surface area contributed by atoms with Crippen LogP contribution in [0.2, 0.25) is 0 Å². The molecule has 0 radical (unpaired) electrons. The van der Waals surface area contributed by atoms with Crippen LogP contribution in [-0.4, -0.2) is 27.1 Å². The third kappa shape index (κ3) is 2.48. The average Bonchev–Trinajstić information content (AvgIpc) is 2.85. The maximum absolute atomic E-state index is 13.8. The summed E-state index contributed by atoms with van der Waals surface area (Å²) in [7, 11) is 0. The van der Waals surface area contributed by atoms with Crippen LogP contribution in [0.25, 0.3) is 0 Å². The van der Waals surface area contributed by atoms with Crippen molar-refractivity contribution >= 4 is 5.91 Å². The molecule has 4 nitrogen and oxygen atoms in total. The molecule has 1 amide bonds. The molecule has 1 heterocycles. The van der Waals surface area contributed by atoms with E-state index in [9.17, 15) is 13.6 Å². The minimum absolute atomic E-state index is 0.130. The van der Waals surface area contributed by atoms with Crippen LogP contribution in [0, 0.1) is 0 Å². The zero-order valence-corrected chi connectivity index (χ0v) is 11.4. The first kappa shape index (κ1) is 14.0. The summed E-state index contributed by atoms with van der Waals surface area (Å²) in [5.74, 6) is -3.40. The molecule has 0 aromatic carbocycles. The van der Waals surface area contributed by atoms with E-state index in [2.05, 4.69) is 10.4 Å². The fourth-order valence-corrected chi connectivity index (χ4v) is 2.34. The molecule has 1 aliphatic rings. The lowest BCUT2D eigenvalue weighted by Gasteiger charge is -2.31. The van der Waals surface area contributed by atoms with E-state index in [0.29, 0.717) is 6.42 Å². The standard InChI is InChI=1S/C13H19F2N3O/c1-9(2)18-8-5-10(17-18)11(19)16-12(3)6-4-7-13(12,14)15/h5,8-9H,4,6-7H2,1-3H3,(H,16,19). The molecule has 1 aliphatic carbocycles. The van der Waals surface area contributed by atoms with Gasteiger partial charge >= 0.3 is 0 Å². The van der Waals surface area contributed by atoms with Gasteiger partial charge in [0.1, 0.15) is 11.2 Å². The van der Waals surface area contributed by atoms with Gasteiger partial charge in [-0.2, -0.15) is 5.10 Å². The van der Waals surface area contributed by atoms with Crippen LogP contribution in [0.1, 0.15) is 56.6 Å². The van der Waals surface area contributed by atoms with Gasteiger partial charge in [-0.25, -0.2) is 8.78 Å². The average molecular weight is 271 g/mol. The maximum Gasteiger partial charge on any atom is 0.272 e. The Morgan fingerprint density at radius 3 is 2.63 bits per heavy atom. The number of rotatable bonds is 3. The van der Waals surface area contributed by atoms with Gasteiger partial charge < -0.3 is 5.32 Å². The lowest BCUT2D eigenvalue weighted by atomic mass is 9.96. The predicted octanol–water partition coefficient (Wildman–Crippen LogP) is 2.77. The Hall–Kier alpha value is -1.46. The van der Waals surface area contributed by atoms with Crippen LogP contribution >= 0.6 is 0 Å². The van der Waals surface area contributed by atoms with E-state index in [4.69, 9.17) is 0 Å². The number of aromatic nitrogens is 2. The second-order valence-electron chi connectivity index (χ2n) is 5.62. The first-order valence-electron chi connectivity index (χ1n) is 6.51. The Bertz CT molecular complexity index is 484. The van der Waals surface area contributed by atoms with Crippen LogP contribution in [0.4, 0.5) is 8.78 Å². The van der Waals surface area contributed by atoms with Crippen molar-refractivity contribution in [3.8, 4) is 0 Å². The third-order valence-electron chi connectivity index (χ3n) is 3.73. The summed E-state index contributed by atoms with van der Waals surface area (Å²) in [6, 6.07) is 1.68. The van der Waals surface area contributed by atoms with E-state index in [0.717, 1.165) is 0 Å². The van der Waals surface area contributed by atoms with Gasteiger partial charge in [0.2, 0.25) is 0 Å². The molecule has 0 bridgehead atoms. The highest BCUT2D eigenvalue weighted by Gasteiger charge is 2.54. The van der Waals surface area contributed by atoms with Crippen LogP contribution in [0.15, 0.2) is 12.3 Å². The summed E-state index contributed by atoms with van der Waals surface area (Å²) < 4.78 is 29.2. The highest BCUT2D eigenvalue weighted by molar-refractivity contribution is 5.92. The van der Waals surface area contributed by atoms with Crippen molar-refractivity contribution in [1.29, 1.82) is 0 Å². The third-order valence-corrected chi connectivity index (χ3v) is 3.73. The molecular weight excluding hydrogens is 252 g/mol. The van der Waals surface area contributed by atoms with Crippen molar-refractivity contribution in [3.63, 3.8) is 0 Å². The monoisotopic (exact) mass is 271 g/mol. The van der Waals surface area contributed by atoms with Gasteiger partial charge in [0.15, 0.2) is 0 Å². The van der Waals surface area contributed by atoms with Crippen molar-refractivity contribution < 1.29 is 13.6 Å². The molecular formula is C13H19F2N3O. The quantitative estimate of drug-likeness (QED) is 0.919. The fraction of sp³-hybridized carbons (Fsp3) is 0.692. The van der Waals surface area contributed by atoms with Crippen LogP contribution in [0.3, 0.4) is 0 Å². The topological polar surface area (TPSA) is 46.9 Å². The summed E-state index contributed by atoms with van der Waals surface area (Å²) in [5.41, 5.74) is -1.29. The normalized spacial score (nSPS) is 25.8. The first-order chi connectivity index (χ1) is 8.75. The number of carbonyl (C=O) groups excluding carboxylic acids is 1. The lowest BCUT2D eigenvalue weighted by molar-refractivity contribution is -0.0575. The molecule has 19 heavy (non-hydrogen) atoms. The number of carbonyl (C=O) groups is 1. The largest absolute Gasteiger partial charge is 0.339 e. The van der Waals surface area contributed by atoms with Crippen molar-refractivity contribution in [1.82, 2.24) is 15.1 Å². The van der Waals surface area contributed by atoms with Gasteiger partial charge in [0.05, 0.1) is 0 Å². The molecule has 1 saturated carbocycles.